The molecule has 0 aromatic rings. The molecule has 20 heavy (non-hydrogen) atoms. The van der Waals surface area contributed by atoms with Gasteiger partial charge in [0, 0.05) is 12.3 Å². The quantitative estimate of drug-likeness (QED) is 0.542. The number of carbonyl (C=O) groups excluding carboxylic acids is 1. The molecule has 0 saturated heterocycles. The molecule has 0 heterocycles. The summed E-state index contributed by atoms with van der Waals surface area (Å²) in [7, 11) is -1.95. The van der Waals surface area contributed by atoms with Crippen LogP contribution in [0.15, 0.2) is 12.2 Å². The lowest BCUT2D eigenvalue weighted by Crippen LogP contribution is -2.53. The van der Waals surface area contributed by atoms with Gasteiger partial charge in [0.2, 0.25) is 8.32 Å². The number of hydrogen-bond acceptors (Lipinski definition) is 2. The topological polar surface area (TPSA) is 26.3 Å². The zero-order valence-corrected chi connectivity index (χ0v) is 14.8. The third-order valence-corrected chi connectivity index (χ3v) is 11.5. The summed E-state index contributed by atoms with van der Waals surface area (Å²) in [5, 5.41) is 0. The van der Waals surface area contributed by atoms with Crippen LogP contribution in [0.25, 0.3) is 0 Å². The predicted octanol–water partition coefficient (Wildman–Crippen LogP) is 4.71. The average molecular weight is 295 g/mol. The van der Waals surface area contributed by atoms with Crippen LogP contribution in [0.2, 0.25) is 16.6 Å². The van der Waals surface area contributed by atoms with Gasteiger partial charge in [-0.25, -0.2) is 0 Å². The second-order valence-electron chi connectivity index (χ2n) is 7.57. The number of ketones is 1. The molecule has 0 radical (unpaired) electrons. The normalized spacial score (nSPS) is 30.1. The van der Waals surface area contributed by atoms with E-state index >= 15 is 0 Å². The van der Waals surface area contributed by atoms with Gasteiger partial charge in [-0.3, -0.25) is 4.79 Å². The summed E-state index contributed by atoms with van der Waals surface area (Å²) >= 11 is 0. The summed E-state index contributed by atoms with van der Waals surface area (Å²) in [4.78, 5) is 12.5. The highest BCUT2D eigenvalue weighted by Crippen LogP contribution is 2.46. The van der Waals surface area contributed by atoms with E-state index in [-0.39, 0.29) is 6.10 Å². The van der Waals surface area contributed by atoms with Crippen molar-refractivity contribution in [2.75, 3.05) is 0 Å². The van der Waals surface area contributed by atoms with Crippen LogP contribution >= 0.6 is 0 Å². The van der Waals surface area contributed by atoms with Gasteiger partial charge in [-0.2, -0.15) is 0 Å². The first-order valence-electron chi connectivity index (χ1n) is 8.17. The third kappa shape index (κ3) is 2.55. The first-order valence-corrected chi connectivity index (χ1v) is 10.3. The molecule has 0 aromatic heterocycles. The van der Waals surface area contributed by atoms with Gasteiger partial charge in [-0.05, 0) is 29.0 Å². The molecule has 114 valence electrons. The van der Waals surface area contributed by atoms with Gasteiger partial charge in [-0.15, -0.1) is 0 Å². The minimum absolute atomic E-state index is 0.163. The monoisotopic (exact) mass is 294 g/mol. The lowest BCUT2D eigenvalue weighted by molar-refractivity contribution is -0.131. The van der Waals surface area contributed by atoms with Crippen LogP contribution in [-0.4, -0.2) is 20.2 Å². The van der Waals surface area contributed by atoms with Crippen LogP contribution < -0.4 is 0 Å². The maximum atomic E-state index is 12.5. The summed E-state index contributed by atoms with van der Waals surface area (Å²) in [6.45, 7) is 13.7. The highest BCUT2D eigenvalue weighted by molar-refractivity contribution is 6.77. The van der Waals surface area contributed by atoms with Crippen LogP contribution in [-0.2, 0) is 9.22 Å². The van der Waals surface area contributed by atoms with Gasteiger partial charge in [-0.1, -0.05) is 53.7 Å². The average Bonchev–Trinajstić information content (AvgIpc) is 2.71. The molecule has 2 aliphatic rings. The lowest BCUT2D eigenvalue weighted by Gasteiger charge is -2.46. The van der Waals surface area contributed by atoms with Crippen molar-refractivity contribution < 1.29 is 9.22 Å². The van der Waals surface area contributed by atoms with E-state index in [1.165, 1.54) is 0 Å². The predicted molar refractivity (Wildman–Crippen MR) is 86.3 cm³/mol. The van der Waals surface area contributed by atoms with Gasteiger partial charge in [0.05, 0.1) is 0 Å². The molecule has 0 N–H and O–H groups in total. The fourth-order valence-corrected chi connectivity index (χ4v) is 10.1. The Hall–Kier alpha value is -0.413. The van der Waals surface area contributed by atoms with Gasteiger partial charge in [0.1, 0.15) is 6.10 Å². The molecule has 0 unspecified atom stereocenters. The molecule has 3 heteroatoms. The SMILES string of the molecule is CC(C)[Si](O[C@@H]1C(=O)C[C@@H]2C=C[C@H]1C2)(C(C)C)C(C)C. The summed E-state index contributed by atoms with van der Waals surface area (Å²) in [6.07, 6.45) is 6.12. The Labute approximate surface area is 125 Å². The molecule has 2 rings (SSSR count). The van der Waals surface area contributed by atoms with E-state index in [1.54, 1.807) is 0 Å². The second kappa shape index (κ2) is 5.76. The Balaban J connectivity index is 2.27. The molecule has 2 aliphatic carbocycles. The molecule has 1 saturated carbocycles. The maximum Gasteiger partial charge on any atom is 0.201 e. The van der Waals surface area contributed by atoms with Crippen molar-refractivity contribution in [2.24, 2.45) is 11.8 Å². The van der Waals surface area contributed by atoms with E-state index < -0.39 is 8.32 Å². The van der Waals surface area contributed by atoms with E-state index in [9.17, 15) is 4.79 Å². The number of carbonyl (C=O) groups is 1. The van der Waals surface area contributed by atoms with Crippen LogP contribution in [0.4, 0.5) is 0 Å². The minimum atomic E-state index is -1.95. The van der Waals surface area contributed by atoms with Gasteiger partial charge < -0.3 is 4.43 Å². The molecule has 0 spiro atoms. The van der Waals surface area contributed by atoms with Crippen molar-refractivity contribution >= 4 is 14.1 Å². The zero-order chi connectivity index (χ0) is 15.1. The Morgan fingerprint density at radius 2 is 1.60 bits per heavy atom. The Morgan fingerprint density at radius 1 is 1.05 bits per heavy atom. The van der Waals surface area contributed by atoms with Crippen LogP contribution in [0, 0.1) is 11.8 Å². The Morgan fingerprint density at radius 3 is 2.10 bits per heavy atom. The molecule has 0 amide bonds. The molecule has 0 aliphatic heterocycles. The van der Waals surface area contributed by atoms with Crippen LogP contribution in [0.1, 0.15) is 54.4 Å². The van der Waals surface area contributed by atoms with Gasteiger partial charge in [0.25, 0.3) is 0 Å². The van der Waals surface area contributed by atoms with Crippen molar-refractivity contribution in [2.45, 2.75) is 77.1 Å². The van der Waals surface area contributed by atoms with E-state index in [1.807, 2.05) is 0 Å². The van der Waals surface area contributed by atoms with Gasteiger partial charge in [0.15, 0.2) is 5.78 Å². The Kier molecular flexibility index (Phi) is 4.60. The van der Waals surface area contributed by atoms with Crippen LogP contribution in [0.5, 0.6) is 0 Å². The lowest BCUT2D eigenvalue weighted by atomic mass is 9.85. The largest absolute Gasteiger partial charge is 0.406 e. The zero-order valence-electron chi connectivity index (χ0n) is 13.8. The smallest absolute Gasteiger partial charge is 0.201 e. The van der Waals surface area contributed by atoms with Crippen molar-refractivity contribution in [3.05, 3.63) is 12.2 Å². The summed E-state index contributed by atoms with van der Waals surface area (Å²) in [6, 6.07) is 0. The first-order chi connectivity index (χ1) is 9.29. The molecule has 3 atom stereocenters. The standard InChI is InChI=1S/C17H30O2Si/c1-11(2)20(12(3)4,13(5)6)19-17-15-8-7-14(9-15)10-16(17)18/h7-8,11-15,17H,9-10H2,1-6H3/t14-,15+,17+/m1/s1. The molecule has 2 nitrogen and oxygen atoms in total. The molecule has 1 fully saturated rings. The minimum Gasteiger partial charge on any atom is -0.406 e. The number of fused-ring (bicyclic) bond motifs is 2. The Bertz CT molecular complexity index is 376. The van der Waals surface area contributed by atoms with Gasteiger partial charge >= 0.3 is 0 Å². The molecule has 2 bridgehead atoms. The van der Waals surface area contributed by atoms with Crippen molar-refractivity contribution in [3.63, 3.8) is 0 Å². The fourth-order valence-electron chi connectivity index (χ4n) is 4.58. The highest BCUT2D eigenvalue weighted by Gasteiger charge is 2.50. The number of allylic oxidation sites excluding steroid dienone is 1. The summed E-state index contributed by atoms with van der Waals surface area (Å²) in [5.74, 6) is 1.17. The molecular formula is C17H30O2Si. The van der Waals surface area contributed by atoms with Crippen molar-refractivity contribution in [3.8, 4) is 0 Å². The van der Waals surface area contributed by atoms with E-state index in [2.05, 4.69) is 53.7 Å². The van der Waals surface area contributed by atoms with E-state index in [4.69, 9.17) is 4.43 Å². The van der Waals surface area contributed by atoms with Crippen molar-refractivity contribution in [1.82, 2.24) is 0 Å². The number of rotatable bonds is 5. The highest BCUT2D eigenvalue weighted by atomic mass is 28.4. The number of Topliss-reactive ketones (excluding diaryl/α,β-unsaturated/α-hetero) is 1. The summed E-state index contributed by atoms with van der Waals surface area (Å²) < 4.78 is 6.74. The maximum absolute atomic E-state index is 12.5. The fraction of sp³-hybridized carbons (Fsp3) is 0.824. The van der Waals surface area contributed by atoms with E-state index in [0.717, 1.165) is 6.42 Å². The van der Waals surface area contributed by atoms with Crippen molar-refractivity contribution in [1.29, 1.82) is 0 Å². The van der Waals surface area contributed by atoms with Crippen LogP contribution in [0.3, 0.4) is 0 Å². The number of hydrogen-bond donors (Lipinski definition) is 0. The summed E-state index contributed by atoms with van der Waals surface area (Å²) in [5.41, 5.74) is 1.62. The van der Waals surface area contributed by atoms with E-state index in [0.29, 0.717) is 40.7 Å². The second-order valence-corrected chi connectivity index (χ2v) is 13.0. The first kappa shape index (κ1) is 16.0. The third-order valence-electron chi connectivity index (χ3n) is 5.41. The molecular weight excluding hydrogens is 264 g/mol. The molecule has 0 aromatic carbocycles.